The number of carbonyl (C=O) groups excluding carboxylic acids is 1. The molecule has 0 heterocycles. The van der Waals surface area contributed by atoms with E-state index in [-0.39, 0.29) is 12.5 Å². The molecule has 22 heavy (non-hydrogen) atoms. The van der Waals surface area contributed by atoms with Gasteiger partial charge in [-0.25, -0.2) is 5.43 Å². The summed E-state index contributed by atoms with van der Waals surface area (Å²) >= 11 is 17.6. The van der Waals surface area contributed by atoms with Crippen molar-refractivity contribution in [1.82, 2.24) is 5.43 Å². The van der Waals surface area contributed by atoms with E-state index >= 15 is 0 Å². The number of benzene rings is 2. The van der Waals surface area contributed by atoms with Crippen molar-refractivity contribution in [1.29, 1.82) is 0 Å². The molecule has 2 N–H and O–H groups in total. The van der Waals surface area contributed by atoms with Gasteiger partial charge in [0.25, 0.3) is 5.91 Å². The molecule has 0 saturated heterocycles. The van der Waals surface area contributed by atoms with Crippen LogP contribution in [0.25, 0.3) is 0 Å². The van der Waals surface area contributed by atoms with Crippen LogP contribution >= 0.6 is 34.8 Å². The Morgan fingerprint density at radius 2 is 1.73 bits per heavy atom. The van der Waals surface area contributed by atoms with E-state index in [0.717, 1.165) is 5.69 Å². The van der Waals surface area contributed by atoms with E-state index in [4.69, 9.17) is 34.8 Å². The molecule has 0 spiro atoms. The van der Waals surface area contributed by atoms with Gasteiger partial charge in [-0.2, -0.15) is 5.10 Å². The van der Waals surface area contributed by atoms with Crippen molar-refractivity contribution in [2.75, 3.05) is 11.9 Å². The van der Waals surface area contributed by atoms with E-state index in [1.165, 1.54) is 6.21 Å². The Bertz CT molecular complexity index is 687. The van der Waals surface area contributed by atoms with Gasteiger partial charge in [0.15, 0.2) is 0 Å². The fourth-order valence-electron chi connectivity index (χ4n) is 1.57. The molecule has 0 bridgehead atoms. The van der Waals surface area contributed by atoms with Gasteiger partial charge in [-0.1, -0.05) is 40.9 Å². The van der Waals surface area contributed by atoms with Crippen LogP contribution in [0.5, 0.6) is 0 Å². The predicted molar refractivity (Wildman–Crippen MR) is 92.1 cm³/mol. The number of carbonyl (C=O) groups is 1. The average molecular weight is 357 g/mol. The number of nitrogens with one attached hydrogen (secondary N) is 2. The van der Waals surface area contributed by atoms with Crippen molar-refractivity contribution in [3.05, 3.63) is 63.1 Å². The third-order valence-electron chi connectivity index (χ3n) is 2.65. The molecule has 2 rings (SSSR count). The Labute approximate surface area is 143 Å². The molecule has 0 atom stereocenters. The minimum atomic E-state index is -0.281. The van der Waals surface area contributed by atoms with E-state index in [1.54, 1.807) is 42.5 Å². The number of hydrogen-bond donors (Lipinski definition) is 2. The lowest BCUT2D eigenvalue weighted by atomic mass is 10.2. The zero-order valence-electron chi connectivity index (χ0n) is 11.3. The lowest BCUT2D eigenvalue weighted by Crippen LogP contribution is -2.25. The van der Waals surface area contributed by atoms with Gasteiger partial charge in [-0.15, -0.1) is 0 Å². The van der Waals surface area contributed by atoms with E-state index in [9.17, 15) is 4.79 Å². The van der Waals surface area contributed by atoms with Crippen LogP contribution in [0.1, 0.15) is 5.56 Å². The lowest BCUT2D eigenvalue weighted by Gasteiger charge is -2.05. The summed E-state index contributed by atoms with van der Waals surface area (Å²) in [6, 6.07) is 12.1. The van der Waals surface area contributed by atoms with E-state index in [1.807, 2.05) is 0 Å². The van der Waals surface area contributed by atoms with E-state index in [0.29, 0.717) is 20.6 Å². The van der Waals surface area contributed by atoms with Crippen LogP contribution in [0.2, 0.25) is 15.1 Å². The Morgan fingerprint density at radius 3 is 2.41 bits per heavy atom. The number of amides is 1. The summed E-state index contributed by atoms with van der Waals surface area (Å²) in [7, 11) is 0. The zero-order valence-corrected chi connectivity index (χ0v) is 13.6. The molecule has 0 fully saturated rings. The summed E-state index contributed by atoms with van der Waals surface area (Å²) in [6.07, 6.45) is 1.46. The topological polar surface area (TPSA) is 53.5 Å². The first-order valence-corrected chi connectivity index (χ1v) is 7.44. The lowest BCUT2D eigenvalue weighted by molar-refractivity contribution is -0.119. The van der Waals surface area contributed by atoms with Crippen molar-refractivity contribution < 1.29 is 4.79 Å². The highest BCUT2D eigenvalue weighted by atomic mass is 35.5. The van der Waals surface area contributed by atoms with Gasteiger partial charge >= 0.3 is 0 Å². The zero-order chi connectivity index (χ0) is 15.9. The molecule has 0 aliphatic heterocycles. The number of anilines is 1. The summed E-state index contributed by atoms with van der Waals surface area (Å²) in [5.74, 6) is -0.281. The van der Waals surface area contributed by atoms with E-state index in [2.05, 4.69) is 15.8 Å². The standard InChI is InChI=1S/C15H12Cl3N3O/c16-11-3-5-13(6-4-11)19-9-15(22)21-20-8-10-1-2-12(17)7-14(10)18/h1-8,19H,9H2,(H,21,22)/b20-8-. The number of nitrogens with zero attached hydrogens (tertiary/aromatic N) is 1. The smallest absolute Gasteiger partial charge is 0.259 e. The summed E-state index contributed by atoms with van der Waals surface area (Å²) in [4.78, 5) is 11.6. The third kappa shape index (κ3) is 5.22. The molecule has 0 saturated carbocycles. The predicted octanol–water partition coefficient (Wildman–Crippen LogP) is 4.21. The fourth-order valence-corrected chi connectivity index (χ4v) is 2.15. The fraction of sp³-hybridized carbons (Fsp3) is 0.0667. The second-order valence-corrected chi connectivity index (χ2v) is 5.60. The second-order valence-electron chi connectivity index (χ2n) is 4.32. The molecule has 0 aliphatic rings. The molecule has 1 amide bonds. The summed E-state index contributed by atoms with van der Waals surface area (Å²) < 4.78 is 0. The minimum Gasteiger partial charge on any atom is -0.376 e. The number of rotatable bonds is 5. The SMILES string of the molecule is O=C(CNc1ccc(Cl)cc1)N/N=C\c1ccc(Cl)cc1Cl. The molecule has 7 heteroatoms. The largest absolute Gasteiger partial charge is 0.376 e. The van der Waals surface area contributed by atoms with Crippen LogP contribution in [0.4, 0.5) is 5.69 Å². The third-order valence-corrected chi connectivity index (χ3v) is 3.47. The molecule has 2 aromatic carbocycles. The van der Waals surface area contributed by atoms with Gasteiger partial charge in [-0.05, 0) is 36.4 Å². The first-order valence-electron chi connectivity index (χ1n) is 6.31. The van der Waals surface area contributed by atoms with Crippen molar-refractivity contribution in [2.24, 2.45) is 5.10 Å². The quantitative estimate of drug-likeness (QED) is 0.623. The first kappa shape index (κ1) is 16.6. The van der Waals surface area contributed by atoms with Crippen LogP contribution in [-0.4, -0.2) is 18.7 Å². The van der Waals surface area contributed by atoms with Gasteiger partial charge in [0.2, 0.25) is 0 Å². The maximum Gasteiger partial charge on any atom is 0.259 e. The molecule has 4 nitrogen and oxygen atoms in total. The monoisotopic (exact) mass is 355 g/mol. The summed E-state index contributed by atoms with van der Waals surface area (Å²) in [5.41, 5.74) is 3.86. The Hall–Kier alpha value is -1.75. The maximum atomic E-state index is 11.6. The van der Waals surface area contributed by atoms with Crippen molar-refractivity contribution in [3.63, 3.8) is 0 Å². The molecule has 0 aromatic heterocycles. The molecule has 0 unspecified atom stereocenters. The second kappa shape index (κ2) is 8.03. The van der Waals surface area contributed by atoms with Gasteiger partial charge in [0.1, 0.15) is 0 Å². The highest BCUT2D eigenvalue weighted by molar-refractivity contribution is 6.36. The van der Waals surface area contributed by atoms with E-state index < -0.39 is 0 Å². The van der Waals surface area contributed by atoms with Crippen molar-refractivity contribution in [3.8, 4) is 0 Å². The van der Waals surface area contributed by atoms with Gasteiger partial charge in [-0.3, -0.25) is 4.79 Å². The van der Waals surface area contributed by atoms with Gasteiger partial charge in [0.05, 0.1) is 17.8 Å². The molecule has 114 valence electrons. The van der Waals surface area contributed by atoms with Gasteiger partial charge in [0, 0.05) is 21.3 Å². The van der Waals surface area contributed by atoms with Crippen molar-refractivity contribution in [2.45, 2.75) is 0 Å². The van der Waals surface area contributed by atoms with Crippen LogP contribution in [0, 0.1) is 0 Å². The highest BCUT2D eigenvalue weighted by Crippen LogP contribution is 2.19. The number of hydrazone groups is 1. The minimum absolute atomic E-state index is 0.0906. The molecular weight excluding hydrogens is 345 g/mol. The Balaban J connectivity index is 1.82. The Kier molecular flexibility index (Phi) is 6.07. The Morgan fingerprint density at radius 1 is 1.05 bits per heavy atom. The van der Waals surface area contributed by atoms with Crippen LogP contribution in [0.3, 0.4) is 0 Å². The number of halogens is 3. The van der Waals surface area contributed by atoms with Crippen molar-refractivity contribution >= 4 is 52.6 Å². The first-order chi connectivity index (χ1) is 10.5. The molecule has 0 radical (unpaired) electrons. The molecular formula is C15H12Cl3N3O. The molecule has 0 aliphatic carbocycles. The van der Waals surface area contributed by atoms with Crippen LogP contribution in [-0.2, 0) is 4.79 Å². The van der Waals surface area contributed by atoms with Crippen LogP contribution < -0.4 is 10.7 Å². The summed E-state index contributed by atoms with van der Waals surface area (Å²) in [5, 5.41) is 8.44. The maximum absolute atomic E-state index is 11.6. The van der Waals surface area contributed by atoms with Crippen LogP contribution in [0.15, 0.2) is 47.6 Å². The average Bonchev–Trinajstić information content (AvgIpc) is 2.49. The number of hydrogen-bond acceptors (Lipinski definition) is 3. The van der Waals surface area contributed by atoms with Gasteiger partial charge < -0.3 is 5.32 Å². The summed E-state index contributed by atoms with van der Waals surface area (Å²) in [6.45, 7) is 0.0906. The highest BCUT2D eigenvalue weighted by Gasteiger charge is 2.01. The molecule has 2 aromatic rings. The normalized spacial score (nSPS) is 10.7.